The first-order valence-corrected chi connectivity index (χ1v) is 10.3. The molecule has 1 unspecified atom stereocenters. The number of rotatable bonds is 3. The van der Waals surface area contributed by atoms with Crippen LogP contribution in [0.3, 0.4) is 0 Å². The minimum atomic E-state index is -0.974. The number of hydrogen-bond donors (Lipinski definition) is 3. The fourth-order valence-electron chi connectivity index (χ4n) is 4.82. The highest BCUT2D eigenvalue weighted by Gasteiger charge is 2.44. The number of nitrogens with one attached hydrogen (secondary N) is 1. The number of hydrogen-bond acceptors (Lipinski definition) is 6. The van der Waals surface area contributed by atoms with Gasteiger partial charge in [-0.25, -0.2) is 0 Å². The molecule has 0 radical (unpaired) electrons. The van der Waals surface area contributed by atoms with E-state index in [1.807, 2.05) is 0 Å². The summed E-state index contributed by atoms with van der Waals surface area (Å²) < 4.78 is 1.63. The summed E-state index contributed by atoms with van der Waals surface area (Å²) in [6, 6.07) is 4.34. The van der Waals surface area contributed by atoms with Crippen LogP contribution in [-0.4, -0.2) is 26.3 Å². The molecule has 156 valence electrons. The van der Waals surface area contributed by atoms with Crippen molar-refractivity contribution >= 4 is 0 Å². The summed E-state index contributed by atoms with van der Waals surface area (Å²) in [5.41, 5.74) is 6.12. The van der Waals surface area contributed by atoms with Crippen molar-refractivity contribution in [3.8, 4) is 11.6 Å². The Morgan fingerprint density at radius 2 is 1.83 bits per heavy atom. The number of aryl methyl sites for hydroxylation is 2. The summed E-state index contributed by atoms with van der Waals surface area (Å²) in [7, 11) is 0. The molecule has 0 bridgehead atoms. The Labute approximate surface area is 170 Å². The molecular weight excluding hydrogens is 370 g/mol. The molecule has 7 heteroatoms. The van der Waals surface area contributed by atoms with Crippen LogP contribution in [-0.2, 0) is 12.0 Å². The minimum absolute atomic E-state index is 0.0209. The number of hydroxylamine groups is 1. The Kier molecular flexibility index (Phi) is 5.12. The first kappa shape index (κ1) is 19.9. The lowest BCUT2D eigenvalue weighted by atomic mass is 9.65. The molecule has 2 heterocycles. The van der Waals surface area contributed by atoms with Gasteiger partial charge < -0.3 is 15.1 Å². The fourth-order valence-corrected chi connectivity index (χ4v) is 4.82. The quantitative estimate of drug-likeness (QED) is 0.734. The second kappa shape index (κ2) is 7.46. The molecule has 1 aliphatic carbocycles. The van der Waals surface area contributed by atoms with Crippen LogP contribution < -0.4 is 15.9 Å². The standard InChI is InChI=1S/C22H29N3O4/c1-13-11-16(12-14(2)15(13)3)22(7-5-4-6-8-22)18(27)19-24-20(28)17(26)21-25(19)10-9-23-29-21/h11-12,18,23,26-27H,4-10H2,1-3H3. The molecule has 7 nitrogen and oxygen atoms in total. The topological polar surface area (TPSA) is 96.6 Å². The van der Waals surface area contributed by atoms with Gasteiger partial charge in [-0.05, 0) is 55.9 Å². The van der Waals surface area contributed by atoms with E-state index in [2.05, 4.69) is 43.4 Å². The van der Waals surface area contributed by atoms with Gasteiger partial charge in [0.05, 0.1) is 0 Å². The molecule has 1 fully saturated rings. The molecule has 1 aromatic carbocycles. The maximum atomic E-state index is 12.3. The molecule has 3 N–H and O–H groups in total. The zero-order valence-corrected chi connectivity index (χ0v) is 17.3. The van der Waals surface area contributed by atoms with Crippen molar-refractivity contribution < 1.29 is 15.1 Å². The highest BCUT2D eigenvalue weighted by Crippen LogP contribution is 2.49. The summed E-state index contributed by atoms with van der Waals surface area (Å²) >= 11 is 0. The van der Waals surface area contributed by atoms with Gasteiger partial charge in [0.2, 0.25) is 5.75 Å². The second-order valence-electron chi connectivity index (χ2n) is 8.43. The van der Waals surface area contributed by atoms with E-state index in [0.29, 0.717) is 13.1 Å². The van der Waals surface area contributed by atoms with Crippen LogP contribution in [0.25, 0.3) is 0 Å². The number of benzene rings is 1. The van der Waals surface area contributed by atoms with E-state index in [9.17, 15) is 15.0 Å². The highest BCUT2D eigenvalue weighted by atomic mass is 16.7. The van der Waals surface area contributed by atoms with Crippen LogP contribution in [0.1, 0.15) is 66.3 Å². The van der Waals surface area contributed by atoms with Crippen LogP contribution in [0, 0.1) is 20.8 Å². The first-order valence-electron chi connectivity index (χ1n) is 10.3. The van der Waals surface area contributed by atoms with Crippen LogP contribution in [0.15, 0.2) is 16.9 Å². The molecule has 1 saturated carbocycles. The molecule has 1 atom stereocenters. The van der Waals surface area contributed by atoms with Gasteiger partial charge in [0, 0.05) is 18.5 Å². The third-order valence-electron chi connectivity index (χ3n) is 6.76. The smallest absolute Gasteiger partial charge is 0.319 e. The maximum Gasteiger partial charge on any atom is 0.319 e. The average Bonchev–Trinajstić information content (AvgIpc) is 2.74. The van der Waals surface area contributed by atoms with Crippen molar-refractivity contribution in [1.29, 1.82) is 0 Å². The molecule has 0 spiro atoms. The van der Waals surface area contributed by atoms with Crippen molar-refractivity contribution in [2.45, 2.75) is 70.9 Å². The van der Waals surface area contributed by atoms with Crippen LogP contribution in [0.5, 0.6) is 11.6 Å². The molecule has 1 aliphatic heterocycles. The highest BCUT2D eigenvalue weighted by molar-refractivity contribution is 5.42. The zero-order valence-electron chi connectivity index (χ0n) is 17.3. The minimum Gasteiger partial charge on any atom is -0.499 e. The predicted octanol–water partition coefficient (Wildman–Crippen LogP) is 2.71. The van der Waals surface area contributed by atoms with E-state index in [1.165, 1.54) is 16.7 Å². The molecular formula is C22H29N3O4. The van der Waals surface area contributed by atoms with Crippen molar-refractivity contribution in [2.24, 2.45) is 0 Å². The van der Waals surface area contributed by atoms with E-state index in [-0.39, 0.29) is 11.7 Å². The third-order valence-corrected chi connectivity index (χ3v) is 6.76. The van der Waals surface area contributed by atoms with Gasteiger partial charge >= 0.3 is 5.56 Å². The molecule has 2 aromatic rings. The Morgan fingerprint density at radius 1 is 1.17 bits per heavy atom. The Bertz CT molecular complexity index is 969. The van der Waals surface area contributed by atoms with E-state index in [4.69, 9.17) is 4.84 Å². The summed E-state index contributed by atoms with van der Waals surface area (Å²) in [6.45, 7) is 7.25. The monoisotopic (exact) mass is 399 g/mol. The van der Waals surface area contributed by atoms with Gasteiger partial charge in [-0.15, -0.1) is 0 Å². The normalized spacial score (nSPS) is 19.3. The third kappa shape index (κ3) is 3.22. The number of fused-ring (bicyclic) bond motifs is 1. The Balaban J connectivity index is 1.90. The van der Waals surface area contributed by atoms with Crippen LogP contribution in [0.4, 0.5) is 0 Å². The largest absolute Gasteiger partial charge is 0.499 e. The summed E-state index contributed by atoms with van der Waals surface area (Å²) in [5, 5.41) is 21.8. The number of nitrogens with zero attached hydrogens (tertiary/aromatic N) is 2. The zero-order chi connectivity index (χ0) is 20.8. The lowest BCUT2D eigenvalue weighted by Crippen LogP contribution is -2.41. The van der Waals surface area contributed by atoms with Crippen molar-refractivity contribution in [3.05, 3.63) is 50.6 Å². The Hall–Kier alpha value is -2.38. The molecule has 1 aromatic heterocycles. The summed E-state index contributed by atoms with van der Waals surface area (Å²) in [6.07, 6.45) is 3.82. The average molecular weight is 399 g/mol. The summed E-state index contributed by atoms with van der Waals surface area (Å²) in [5.74, 6) is -0.248. The predicted molar refractivity (Wildman–Crippen MR) is 109 cm³/mol. The maximum absolute atomic E-state index is 12.3. The van der Waals surface area contributed by atoms with Crippen LogP contribution >= 0.6 is 0 Å². The molecule has 4 rings (SSSR count). The van der Waals surface area contributed by atoms with Gasteiger partial charge in [-0.3, -0.25) is 9.36 Å². The van der Waals surface area contributed by atoms with Gasteiger partial charge in [0.25, 0.3) is 5.88 Å². The fraction of sp³-hybridized carbons (Fsp3) is 0.545. The number of aliphatic hydroxyl groups excluding tert-OH is 1. The lowest BCUT2D eigenvalue weighted by molar-refractivity contribution is 0.0355. The van der Waals surface area contributed by atoms with Gasteiger partial charge in [0.15, 0.2) is 0 Å². The molecule has 0 saturated heterocycles. The van der Waals surface area contributed by atoms with Crippen LogP contribution in [0.2, 0.25) is 0 Å². The Morgan fingerprint density at radius 3 is 2.48 bits per heavy atom. The van der Waals surface area contributed by atoms with Crippen molar-refractivity contribution in [3.63, 3.8) is 0 Å². The van der Waals surface area contributed by atoms with E-state index in [1.54, 1.807) is 4.57 Å². The molecule has 2 aliphatic rings. The number of aliphatic hydroxyl groups is 1. The number of aromatic nitrogens is 2. The molecule has 0 amide bonds. The van der Waals surface area contributed by atoms with E-state index < -0.39 is 22.8 Å². The van der Waals surface area contributed by atoms with Crippen molar-refractivity contribution in [2.75, 3.05) is 6.54 Å². The number of aromatic hydroxyl groups is 1. The van der Waals surface area contributed by atoms with E-state index >= 15 is 0 Å². The second-order valence-corrected chi connectivity index (χ2v) is 8.43. The van der Waals surface area contributed by atoms with E-state index in [0.717, 1.165) is 37.7 Å². The first-order chi connectivity index (χ1) is 13.8. The summed E-state index contributed by atoms with van der Waals surface area (Å²) in [4.78, 5) is 21.7. The molecule has 29 heavy (non-hydrogen) atoms. The lowest BCUT2D eigenvalue weighted by Gasteiger charge is -2.42. The van der Waals surface area contributed by atoms with Crippen molar-refractivity contribution in [1.82, 2.24) is 15.0 Å². The van der Waals surface area contributed by atoms with Gasteiger partial charge in [-0.2, -0.15) is 10.5 Å². The van der Waals surface area contributed by atoms with Gasteiger partial charge in [0.1, 0.15) is 11.9 Å². The SMILES string of the molecule is Cc1cc(C2(C(O)c3nc(=O)c(O)c4n3CCNO4)CCCCC2)cc(C)c1C. The van der Waals surface area contributed by atoms with Gasteiger partial charge in [-0.1, -0.05) is 31.4 Å².